The van der Waals surface area contributed by atoms with Gasteiger partial charge in [-0.05, 0) is 36.2 Å². The molecule has 3 aromatic rings. The van der Waals surface area contributed by atoms with Crippen molar-refractivity contribution in [2.45, 2.75) is 6.42 Å². The molecular formula is C19H19ClN4. The molecule has 1 N–H and O–H groups in total. The van der Waals surface area contributed by atoms with Crippen LogP contribution in [-0.2, 0) is 6.42 Å². The van der Waals surface area contributed by atoms with E-state index in [0.717, 1.165) is 35.3 Å². The predicted octanol–water partition coefficient (Wildman–Crippen LogP) is 4.55. The first kappa shape index (κ1) is 16.3. The van der Waals surface area contributed by atoms with Gasteiger partial charge in [-0.1, -0.05) is 41.9 Å². The first-order valence-electron chi connectivity index (χ1n) is 7.81. The van der Waals surface area contributed by atoms with Gasteiger partial charge < -0.3 is 10.2 Å². The Balaban J connectivity index is 1.62. The van der Waals surface area contributed by atoms with Crippen LogP contribution in [0.2, 0.25) is 5.02 Å². The number of nitrogens with zero attached hydrogens (tertiary/aromatic N) is 3. The van der Waals surface area contributed by atoms with Crippen LogP contribution in [0.3, 0.4) is 0 Å². The number of anilines is 3. The summed E-state index contributed by atoms with van der Waals surface area (Å²) in [7, 11) is 2.00. The molecule has 0 spiro atoms. The highest BCUT2D eigenvalue weighted by Gasteiger charge is 2.06. The fourth-order valence-electron chi connectivity index (χ4n) is 2.40. The van der Waals surface area contributed by atoms with E-state index in [0.29, 0.717) is 0 Å². The lowest BCUT2D eigenvalue weighted by molar-refractivity contribution is 0.994. The molecule has 0 aliphatic heterocycles. The minimum Gasteiger partial charge on any atom is -0.370 e. The summed E-state index contributed by atoms with van der Waals surface area (Å²) in [5.74, 6) is 1.67. The maximum atomic E-state index is 5.90. The Bertz CT molecular complexity index is 775. The Morgan fingerprint density at radius 2 is 1.75 bits per heavy atom. The van der Waals surface area contributed by atoms with Gasteiger partial charge in [0.1, 0.15) is 18.0 Å². The van der Waals surface area contributed by atoms with E-state index in [1.165, 1.54) is 5.56 Å². The summed E-state index contributed by atoms with van der Waals surface area (Å²) in [6.07, 6.45) is 2.49. The lowest BCUT2D eigenvalue weighted by atomic mass is 10.1. The molecule has 0 radical (unpaired) electrons. The van der Waals surface area contributed by atoms with Crippen molar-refractivity contribution in [2.75, 3.05) is 23.8 Å². The first-order valence-corrected chi connectivity index (χ1v) is 8.19. The second kappa shape index (κ2) is 7.79. The number of rotatable bonds is 6. The van der Waals surface area contributed by atoms with Gasteiger partial charge >= 0.3 is 0 Å². The van der Waals surface area contributed by atoms with Crippen LogP contribution >= 0.6 is 11.6 Å². The summed E-state index contributed by atoms with van der Waals surface area (Å²) in [5, 5.41) is 4.10. The molecule has 0 aliphatic carbocycles. The summed E-state index contributed by atoms with van der Waals surface area (Å²) in [6, 6.07) is 20.0. The standard InChI is InChI=1S/C19H19ClN4/c1-24(17-5-3-2-4-6-17)19-13-18(22-14-23-19)21-12-11-15-7-9-16(20)10-8-15/h2-10,13-14H,11-12H2,1H3,(H,21,22,23). The average molecular weight is 339 g/mol. The van der Waals surface area contributed by atoms with Gasteiger partial charge in [-0.15, -0.1) is 0 Å². The van der Waals surface area contributed by atoms with Crippen molar-refractivity contribution in [1.29, 1.82) is 0 Å². The molecule has 0 saturated carbocycles. The van der Waals surface area contributed by atoms with Crippen LogP contribution in [0.25, 0.3) is 0 Å². The van der Waals surface area contributed by atoms with Gasteiger partial charge in [0.25, 0.3) is 0 Å². The maximum absolute atomic E-state index is 5.90. The quantitative estimate of drug-likeness (QED) is 0.715. The van der Waals surface area contributed by atoms with E-state index in [-0.39, 0.29) is 0 Å². The van der Waals surface area contributed by atoms with Crippen molar-refractivity contribution >= 4 is 28.9 Å². The van der Waals surface area contributed by atoms with Crippen molar-refractivity contribution < 1.29 is 0 Å². The fourth-order valence-corrected chi connectivity index (χ4v) is 2.52. The second-order valence-electron chi connectivity index (χ2n) is 5.46. The number of para-hydroxylation sites is 1. The minimum atomic E-state index is 0.760. The molecular weight excluding hydrogens is 320 g/mol. The summed E-state index contributed by atoms with van der Waals surface area (Å²) in [5.41, 5.74) is 2.32. The van der Waals surface area contributed by atoms with Crippen molar-refractivity contribution in [1.82, 2.24) is 9.97 Å². The molecule has 1 aromatic heterocycles. The maximum Gasteiger partial charge on any atom is 0.138 e. The second-order valence-corrected chi connectivity index (χ2v) is 5.90. The van der Waals surface area contributed by atoms with Crippen molar-refractivity contribution in [2.24, 2.45) is 0 Å². The monoisotopic (exact) mass is 338 g/mol. The van der Waals surface area contributed by atoms with Crippen LogP contribution in [0.5, 0.6) is 0 Å². The van der Waals surface area contributed by atoms with Crippen LogP contribution in [0, 0.1) is 0 Å². The predicted molar refractivity (Wildman–Crippen MR) is 100 cm³/mol. The molecule has 0 unspecified atom stereocenters. The van der Waals surface area contributed by atoms with Gasteiger partial charge in [-0.3, -0.25) is 0 Å². The van der Waals surface area contributed by atoms with Gasteiger partial charge in [-0.2, -0.15) is 0 Å². The van der Waals surface area contributed by atoms with E-state index in [4.69, 9.17) is 11.6 Å². The fraction of sp³-hybridized carbons (Fsp3) is 0.158. The van der Waals surface area contributed by atoms with Crippen molar-refractivity contribution in [3.05, 3.63) is 77.6 Å². The van der Waals surface area contributed by atoms with E-state index in [9.17, 15) is 0 Å². The molecule has 122 valence electrons. The topological polar surface area (TPSA) is 41.0 Å². The first-order chi connectivity index (χ1) is 11.7. The Kier molecular flexibility index (Phi) is 5.29. The largest absolute Gasteiger partial charge is 0.370 e. The summed E-state index contributed by atoms with van der Waals surface area (Å²) < 4.78 is 0. The Hall–Kier alpha value is -2.59. The van der Waals surface area contributed by atoms with Crippen LogP contribution in [0.1, 0.15) is 5.56 Å². The number of benzene rings is 2. The zero-order valence-corrected chi connectivity index (χ0v) is 14.2. The van der Waals surface area contributed by atoms with Crippen molar-refractivity contribution in [3.63, 3.8) is 0 Å². The number of aromatic nitrogens is 2. The molecule has 0 saturated heterocycles. The van der Waals surface area contributed by atoms with E-state index in [1.54, 1.807) is 6.33 Å². The molecule has 5 heteroatoms. The summed E-state index contributed by atoms with van der Waals surface area (Å²) >= 11 is 5.90. The van der Waals surface area contributed by atoms with Crippen LogP contribution in [0.4, 0.5) is 17.3 Å². The molecule has 0 bridgehead atoms. The lowest BCUT2D eigenvalue weighted by Gasteiger charge is -2.18. The van der Waals surface area contributed by atoms with Gasteiger partial charge in [-0.25, -0.2) is 9.97 Å². The smallest absolute Gasteiger partial charge is 0.138 e. The molecule has 1 heterocycles. The highest BCUT2D eigenvalue weighted by molar-refractivity contribution is 6.30. The normalized spacial score (nSPS) is 10.4. The number of nitrogens with one attached hydrogen (secondary N) is 1. The number of hydrogen-bond donors (Lipinski definition) is 1. The molecule has 24 heavy (non-hydrogen) atoms. The van der Waals surface area contributed by atoms with Crippen LogP contribution < -0.4 is 10.2 Å². The number of hydrogen-bond acceptors (Lipinski definition) is 4. The third kappa shape index (κ3) is 4.24. The van der Waals surface area contributed by atoms with E-state index in [1.807, 2.05) is 60.5 Å². The average Bonchev–Trinajstić information content (AvgIpc) is 2.64. The van der Waals surface area contributed by atoms with Crippen molar-refractivity contribution in [3.8, 4) is 0 Å². The molecule has 3 rings (SSSR count). The molecule has 0 amide bonds. The summed E-state index contributed by atoms with van der Waals surface area (Å²) in [6.45, 7) is 0.799. The van der Waals surface area contributed by atoms with Crippen LogP contribution in [0.15, 0.2) is 67.0 Å². The SMILES string of the molecule is CN(c1ccccc1)c1cc(NCCc2ccc(Cl)cc2)ncn1. The van der Waals surface area contributed by atoms with Gasteiger partial charge in [0.15, 0.2) is 0 Å². The zero-order chi connectivity index (χ0) is 16.8. The third-order valence-electron chi connectivity index (χ3n) is 3.77. The molecule has 2 aromatic carbocycles. The Labute approximate surface area is 147 Å². The Morgan fingerprint density at radius 3 is 2.50 bits per heavy atom. The highest BCUT2D eigenvalue weighted by Crippen LogP contribution is 2.22. The van der Waals surface area contributed by atoms with Crippen LogP contribution in [-0.4, -0.2) is 23.6 Å². The molecule has 0 aliphatic rings. The molecule has 4 nitrogen and oxygen atoms in total. The van der Waals surface area contributed by atoms with Gasteiger partial charge in [0.05, 0.1) is 0 Å². The van der Waals surface area contributed by atoms with E-state index < -0.39 is 0 Å². The summed E-state index contributed by atoms with van der Waals surface area (Å²) in [4.78, 5) is 10.7. The molecule has 0 atom stereocenters. The third-order valence-corrected chi connectivity index (χ3v) is 4.02. The molecule has 0 fully saturated rings. The lowest BCUT2D eigenvalue weighted by Crippen LogP contribution is -2.13. The Morgan fingerprint density at radius 1 is 1.00 bits per heavy atom. The minimum absolute atomic E-state index is 0.760. The number of halogens is 1. The van der Waals surface area contributed by atoms with Gasteiger partial charge in [0, 0.05) is 30.4 Å². The van der Waals surface area contributed by atoms with E-state index >= 15 is 0 Å². The highest BCUT2D eigenvalue weighted by atomic mass is 35.5. The van der Waals surface area contributed by atoms with Gasteiger partial charge in [0.2, 0.25) is 0 Å². The zero-order valence-electron chi connectivity index (χ0n) is 13.5. The van der Waals surface area contributed by atoms with E-state index in [2.05, 4.69) is 27.4 Å².